The van der Waals surface area contributed by atoms with E-state index in [2.05, 4.69) is 12.2 Å². The van der Waals surface area contributed by atoms with E-state index in [1.165, 1.54) is 0 Å². The molecule has 0 aliphatic heterocycles. The molecular formula is C11H17ClO. The Morgan fingerprint density at radius 1 is 1.38 bits per heavy atom. The second-order valence-corrected chi connectivity index (χ2v) is 4.37. The quantitative estimate of drug-likeness (QED) is 0.494. The Morgan fingerprint density at radius 3 is 2.62 bits per heavy atom. The van der Waals surface area contributed by atoms with Gasteiger partial charge in [-0.2, -0.15) is 0 Å². The van der Waals surface area contributed by atoms with E-state index in [0.717, 1.165) is 25.7 Å². The number of Topliss-reactive ketones (excluding diaryl/α,β-unsaturated/α-hetero) is 1. The average molecular weight is 201 g/mol. The van der Waals surface area contributed by atoms with E-state index in [1.807, 2.05) is 0 Å². The van der Waals surface area contributed by atoms with Gasteiger partial charge in [0.2, 0.25) is 0 Å². The summed E-state index contributed by atoms with van der Waals surface area (Å²) in [5.41, 5.74) is 0. The molecule has 1 rings (SSSR count). The van der Waals surface area contributed by atoms with E-state index in [4.69, 9.17) is 11.6 Å². The Kier molecular flexibility index (Phi) is 4.51. The van der Waals surface area contributed by atoms with E-state index in [1.54, 1.807) is 6.92 Å². The Labute approximate surface area is 85.2 Å². The third-order valence-corrected chi connectivity index (χ3v) is 3.12. The highest BCUT2D eigenvalue weighted by Gasteiger charge is 2.20. The molecule has 2 heteroatoms. The van der Waals surface area contributed by atoms with Gasteiger partial charge in [0.05, 0.1) is 0 Å². The van der Waals surface area contributed by atoms with Crippen LogP contribution in [0.1, 0.15) is 39.0 Å². The average Bonchev–Trinajstić information content (AvgIpc) is 2.04. The van der Waals surface area contributed by atoms with Crippen LogP contribution in [-0.2, 0) is 4.79 Å². The van der Waals surface area contributed by atoms with E-state index in [-0.39, 0.29) is 11.2 Å². The first-order valence-corrected chi connectivity index (χ1v) is 5.42. The van der Waals surface area contributed by atoms with Crippen molar-refractivity contribution >= 4 is 17.4 Å². The molecule has 0 aromatic rings. The molecule has 0 aromatic heterocycles. The van der Waals surface area contributed by atoms with Crippen LogP contribution in [0, 0.1) is 5.92 Å². The minimum absolute atomic E-state index is 0.189. The smallest absolute Gasteiger partial charge is 0.130 e. The van der Waals surface area contributed by atoms with Gasteiger partial charge in [0.15, 0.2) is 0 Å². The van der Waals surface area contributed by atoms with Gasteiger partial charge in [-0.05, 0) is 38.5 Å². The topological polar surface area (TPSA) is 17.1 Å². The molecule has 0 radical (unpaired) electrons. The third-order valence-electron chi connectivity index (χ3n) is 2.54. The van der Waals surface area contributed by atoms with Crippen LogP contribution in [0.5, 0.6) is 0 Å². The SMILES string of the molecule is CC(=O)CC1CC/C=C\CCC1Cl. The van der Waals surface area contributed by atoms with E-state index in [9.17, 15) is 4.79 Å². The second kappa shape index (κ2) is 5.43. The van der Waals surface area contributed by atoms with Crippen molar-refractivity contribution in [3.05, 3.63) is 12.2 Å². The summed E-state index contributed by atoms with van der Waals surface area (Å²) in [6.45, 7) is 1.65. The van der Waals surface area contributed by atoms with E-state index in [0.29, 0.717) is 12.3 Å². The minimum Gasteiger partial charge on any atom is -0.300 e. The molecule has 74 valence electrons. The maximum Gasteiger partial charge on any atom is 0.130 e. The summed E-state index contributed by atoms with van der Waals surface area (Å²) >= 11 is 6.22. The van der Waals surface area contributed by atoms with Crippen molar-refractivity contribution in [1.82, 2.24) is 0 Å². The molecule has 0 saturated heterocycles. The van der Waals surface area contributed by atoms with Crippen molar-refractivity contribution in [1.29, 1.82) is 0 Å². The molecule has 0 spiro atoms. The molecule has 2 atom stereocenters. The normalized spacial score (nSPS) is 31.8. The van der Waals surface area contributed by atoms with Gasteiger partial charge in [-0.15, -0.1) is 11.6 Å². The lowest BCUT2D eigenvalue weighted by Crippen LogP contribution is -2.18. The number of rotatable bonds is 2. The van der Waals surface area contributed by atoms with Gasteiger partial charge >= 0.3 is 0 Å². The second-order valence-electron chi connectivity index (χ2n) is 3.81. The molecule has 0 amide bonds. The molecule has 1 aliphatic rings. The number of hydrogen-bond acceptors (Lipinski definition) is 1. The van der Waals surface area contributed by atoms with Crippen LogP contribution in [0.25, 0.3) is 0 Å². The Balaban J connectivity index is 2.48. The van der Waals surface area contributed by atoms with Gasteiger partial charge in [-0.25, -0.2) is 0 Å². The predicted octanol–water partition coefficient (Wildman–Crippen LogP) is 3.32. The molecule has 0 N–H and O–H groups in total. The molecule has 1 aliphatic carbocycles. The van der Waals surface area contributed by atoms with Crippen LogP contribution < -0.4 is 0 Å². The van der Waals surface area contributed by atoms with Crippen LogP contribution in [0.15, 0.2) is 12.2 Å². The molecule has 0 heterocycles. The molecule has 2 unspecified atom stereocenters. The standard InChI is InChI=1S/C11H17ClO/c1-9(13)8-10-6-4-2-3-5-7-11(10)12/h2-3,10-11H,4-8H2,1H3/b3-2-. The number of ketones is 1. The number of halogens is 1. The third kappa shape index (κ3) is 3.95. The van der Waals surface area contributed by atoms with Gasteiger partial charge in [-0.1, -0.05) is 12.2 Å². The lowest BCUT2D eigenvalue weighted by atomic mass is 9.90. The monoisotopic (exact) mass is 200 g/mol. The van der Waals surface area contributed by atoms with Gasteiger partial charge in [0.1, 0.15) is 5.78 Å². The van der Waals surface area contributed by atoms with E-state index < -0.39 is 0 Å². The van der Waals surface area contributed by atoms with Crippen molar-refractivity contribution in [2.24, 2.45) is 5.92 Å². The van der Waals surface area contributed by atoms with Gasteiger partial charge < -0.3 is 4.79 Å². The largest absolute Gasteiger partial charge is 0.300 e. The minimum atomic E-state index is 0.189. The van der Waals surface area contributed by atoms with Crippen molar-refractivity contribution in [3.63, 3.8) is 0 Å². The first kappa shape index (κ1) is 10.8. The Morgan fingerprint density at radius 2 is 2.00 bits per heavy atom. The highest BCUT2D eigenvalue weighted by Crippen LogP contribution is 2.26. The maximum absolute atomic E-state index is 11.0. The van der Waals surface area contributed by atoms with Crippen molar-refractivity contribution in [2.75, 3.05) is 0 Å². The zero-order valence-corrected chi connectivity index (χ0v) is 8.89. The Bertz CT molecular complexity index is 198. The van der Waals surface area contributed by atoms with Crippen LogP contribution in [0.3, 0.4) is 0 Å². The van der Waals surface area contributed by atoms with E-state index >= 15 is 0 Å². The lowest BCUT2D eigenvalue weighted by Gasteiger charge is -2.21. The summed E-state index contributed by atoms with van der Waals surface area (Å²) in [4.78, 5) is 11.0. The predicted molar refractivity (Wildman–Crippen MR) is 56.0 cm³/mol. The number of hydrogen-bond donors (Lipinski definition) is 0. The van der Waals surface area contributed by atoms with Gasteiger partial charge in [0, 0.05) is 11.8 Å². The number of allylic oxidation sites excluding steroid dienone is 2. The maximum atomic E-state index is 11.0. The first-order valence-electron chi connectivity index (χ1n) is 4.98. The highest BCUT2D eigenvalue weighted by atomic mass is 35.5. The Hall–Kier alpha value is -0.300. The van der Waals surface area contributed by atoms with Gasteiger partial charge in [0.25, 0.3) is 0 Å². The highest BCUT2D eigenvalue weighted by molar-refractivity contribution is 6.20. The van der Waals surface area contributed by atoms with Gasteiger partial charge in [-0.3, -0.25) is 0 Å². The fraction of sp³-hybridized carbons (Fsp3) is 0.727. The molecule has 13 heavy (non-hydrogen) atoms. The van der Waals surface area contributed by atoms with Crippen LogP contribution in [0.2, 0.25) is 0 Å². The zero-order chi connectivity index (χ0) is 9.68. The first-order chi connectivity index (χ1) is 6.20. The van der Waals surface area contributed by atoms with Crippen LogP contribution in [-0.4, -0.2) is 11.2 Å². The van der Waals surface area contributed by atoms with Crippen molar-refractivity contribution in [2.45, 2.75) is 44.4 Å². The molecular weight excluding hydrogens is 184 g/mol. The fourth-order valence-corrected chi connectivity index (χ4v) is 2.16. The molecule has 0 aromatic carbocycles. The van der Waals surface area contributed by atoms with Crippen LogP contribution in [0.4, 0.5) is 0 Å². The molecule has 1 nitrogen and oxygen atoms in total. The summed E-state index contributed by atoms with van der Waals surface area (Å²) in [7, 11) is 0. The lowest BCUT2D eigenvalue weighted by molar-refractivity contribution is -0.117. The summed E-state index contributed by atoms with van der Waals surface area (Å²) in [5, 5.41) is 0.189. The summed E-state index contributed by atoms with van der Waals surface area (Å²) < 4.78 is 0. The summed E-state index contributed by atoms with van der Waals surface area (Å²) in [6.07, 6.45) is 9.25. The molecule has 0 bridgehead atoms. The summed E-state index contributed by atoms with van der Waals surface area (Å²) in [5.74, 6) is 0.657. The van der Waals surface area contributed by atoms with Crippen molar-refractivity contribution in [3.8, 4) is 0 Å². The van der Waals surface area contributed by atoms with Crippen LogP contribution >= 0.6 is 11.6 Å². The fourth-order valence-electron chi connectivity index (χ4n) is 1.82. The van der Waals surface area contributed by atoms with Crippen molar-refractivity contribution < 1.29 is 4.79 Å². The molecule has 0 fully saturated rings. The number of carbonyl (C=O) groups excluding carboxylic acids is 1. The molecule has 0 saturated carbocycles. The zero-order valence-electron chi connectivity index (χ0n) is 8.13. The number of carbonyl (C=O) groups is 1. The summed E-state index contributed by atoms with van der Waals surface area (Å²) in [6, 6.07) is 0. The number of alkyl halides is 1.